The third-order valence-electron chi connectivity index (χ3n) is 3.77. The number of methoxy groups -OCH3 is 2. The monoisotopic (exact) mass is 280 g/mol. The van der Waals surface area contributed by atoms with Gasteiger partial charge in [0.1, 0.15) is 11.5 Å². The van der Waals surface area contributed by atoms with Gasteiger partial charge < -0.3 is 14.6 Å². The number of hydrogen-bond donors (Lipinski definition) is 1. The lowest BCUT2D eigenvalue weighted by atomic mass is 10.1. The minimum absolute atomic E-state index is 0.242. The molecule has 5 nitrogen and oxygen atoms in total. The molecule has 2 rings (SSSR count). The van der Waals surface area contributed by atoms with E-state index < -0.39 is 0 Å². The van der Waals surface area contributed by atoms with Crippen LogP contribution in [0.4, 0.5) is 0 Å². The Balaban J connectivity index is 1.94. The molecule has 0 aromatic heterocycles. The smallest absolute Gasteiger partial charge is 0.127 e. The highest BCUT2D eigenvalue weighted by Gasteiger charge is 2.17. The van der Waals surface area contributed by atoms with E-state index in [1.54, 1.807) is 14.2 Å². The highest BCUT2D eigenvalue weighted by molar-refractivity contribution is 5.40. The van der Waals surface area contributed by atoms with E-state index in [4.69, 9.17) is 14.6 Å². The van der Waals surface area contributed by atoms with Crippen LogP contribution in [0.25, 0.3) is 0 Å². The zero-order valence-electron chi connectivity index (χ0n) is 12.3. The fraction of sp³-hybridized carbons (Fsp3) is 0.600. The van der Waals surface area contributed by atoms with Crippen LogP contribution in [-0.2, 0) is 6.54 Å². The molecule has 1 saturated heterocycles. The first-order valence-corrected chi connectivity index (χ1v) is 7.03. The molecule has 0 bridgehead atoms. The van der Waals surface area contributed by atoms with Gasteiger partial charge >= 0.3 is 0 Å². The standard InChI is InChI=1S/C15H24N2O3/c1-19-14-4-3-13(15(11-14)20-2)12-17-7-5-16(6-8-17)9-10-18/h3-4,11,18H,5-10,12H2,1-2H3. The van der Waals surface area contributed by atoms with Gasteiger partial charge in [-0.2, -0.15) is 0 Å². The third-order valence-corrected chi connectivity index (χ3v) is 3.77. The van der Waals surface area contributed by atoms with Gasteiger partial charge in [-0.3, -0.25) is 9.80 Å². The lowest BCUT2D eigenvalue weighted by Gasteiger charge is -2.34. The fourth-order valence-corrected chi connectivity index (χ4v) is 2.54. The zero-order valence-corrected chi connectivity index (χ0v) is 12.3. The van der Waals surface area contributed by atoms with Gasteiger partial charge in [-0.25, -0.2) is 0 Å². The molecule has 0 amide bonds. The summed E-state index contributed by atoms with van der Waals surface area (Å²) in [6.45, 7) is 5.98. The van der Waals surface area contributed by atoms with Crippen molar-refractivity contribution in [2.75, 3.05) is 53.6 Å². The summed E-state index contributed by atoms with van der Waals surface area (Å²) in [5.74, 6) is 1.69. The molecule has 0 radical (unpaired) electrons. The molecule has 0 spiro atoms. The Kier molecular flexibility index (Phi) is 5.64. The number of aliphatic hydroxyl groups is 1. The van der Waals surface area contributed by atoms with Gasteiger partial charge in [-0.15, -0.1) is 0 Å². The summed E-state index contributed by atoms with van der Waals surface area (Å²) >= 11 is 0. The van der Waals surface area contributed by atoms with Crippen molar-refractivity contribution in [1.29, 1.82) is 0 Å². The number of ether oxygens (including phenoxy) is 2. The summed E-state index contributed by atoms with van der Waals surface area (Å²) in [5, 5.41) is 8.95. The number of β-amino-alcohol motifs (C(OH)–C–C–N with tert-alkyl or cyclic N) is 1. The van der Waals surface area contributed by atoms with Crippen molar-refractivity contribution in [3.8, 4) is 11.5 Å². The van der Waals surface area contributed by atoms with Crippen LogP contribution in [0.5, 0.6) is 11.5 Å². The number of benzene rings is 1. The molecule has 0 atom stereocenters. The molecule has 112 valence electrons. The van der Waals surface area contributed by atoms with Crippen molar-refractivity contribution in [3.63, 3.8) is 0 Å². The molecule has 5 heteroatoms. The first kappa shape index (κ1) is 15.1. The van der Waals surface area contributed by atoms with E-state index in [1.165, 1.54) is 5.56 Å². The second kappa shape index (κ2) is 7.47. The summed E-state index contributed by atoms with van der Waals surface area (Å²) in [6, 6.07) is 5.97. The van der Waals surface area contributed by atoms with Gasteiger partial charge in [0.2, 0.25) is 0 Å². The minimum Gasteiger partial charge on any atom is -0.497 e. The van der Waals surface area contributed by atoms with Crippen LogP contribution in [0.15, 0.2) is 18.2 Å². The van der Waals surface area contributed by atoms with Crippen molar-refractivity contribution in [3.05, 3.63) is 23.8 Å². The van der Waals surface area contributed by atoms with Gasteiger partial charge in [0.05, 0.1) is 20.8 Å². The highest BCUT2D eigenvalue weighted by atomic mass is 16.5. The van der Waals surface area contributed by atoms with E-state index in [0.29, 0.717) is 0 Å². The maximum atomic E-state index is 8.95. The molecule has 1 aromatic carbocycles. The van der Waals surface area contributed by atoms with E-state index >= 15 is 0 Å². The largest absolute Gasteiger partial charge is 0.497 e. The molecule has 1 aliphatic rings. The second-order valence-electron chi connectivity index (χ2n) is 5.02. The van der Waals surface area contributed by atoms with Crippen molar-refractivity contribution in [2.45, 2.75) is 6.54 Å². The Hall–Kier alpha value is -1.30. The first-order valence-electron chi connectivity index (χ1n) is 7.03. The predicted molar refractivity (Wildman–Crippen MR) is 78.3 cm³/mol. The van der Waals surface area contributed by atoms with Crippen LogP contribution in [0.3, 0.4) is 0 Å². The zero-order chi connectivity index (χ0) is 14.4. The summed E-state index contributed by atoms with van der Waals surface area (Å²) in [7, 11) is 3.35. The van der Waals surface area contributed by atoms with Gasteiger partial charge in [0.25, 0.3) is 0 Å². The van der Waals surface area contributed by atoms with Gasteiger partial charge in [-0.1, -0.05) is 6.07 Å². The number of piperazine rings is 1. The van der Waals surface area contributed by atoms with E-state index in [1.807, 2.05) is 12.1 Å². The van der Waals surface area contributed by atoms with Crippen LogP contribution in [-0.4, -0.2) is 68.5 Å². The maximum Gasteiger partial charge on any atom is 0.127 e. The van der Waals surface area contributed by atoms with E-state index in [0.717, 1.165) is 50.8 Å². The normalized spacial score (nSPS) is 17.1. The van der Waals surface area contributed by atoms with Gasteiger partial charge in [0.15, 0.2) is 0 Å². The molecule has 0 aliphatic carbocycles. The fourth-order valence-electron chi connectivity index (χ4n) is 2.54. The predicted octanol–water partition coefficient (Wildman–Crippen LogP) is 0.814. The number of nitrogens with zero attached hydrogens (tertiary/aromatic N) is 2. The summed E-state index contributed by atoms with van der Waals surface area (Å²) < 4.78 is 10.7. The molecular formula is C15H24N2O3. The molecule has 0 saturated carbocycles. The van der Waals surface area contributed by atoms with Crippen LogP contribution in [0.1, 0.15) is 5.56 Å². The maximum absolute atomic E-state index is 8.95. The summed E-state index contributed by atoms with van der Waals surface area (Å²) in [5.41, 5.74) is 1.18. The summed E-state index contributed by atoms with van der Waals surface area (Å²) in [4.78, 5) is 4.71. The third kappa shape index (κ3) is 3.85. The molecule has 1 fully saturated rings. The Morgan fingerprint density at radius 3 is 2.35 bits per heavy atom. The highest BCUT2D eigenvalue weighted by Crippen LogP contribution is 2.25. The second-order valence-corrected chi connectivity index (χ2v) is 5.02. The molecular weight excluding hydrogens is 256 g/mol. The van der Waals surface area contributed by atoms with E-state index in [-0.39, 0.29) is 6.61 Å². The molecule has 1 aliphatic heterocycles. The molecule has 1 heterocycles. The average molecular weight is 280 g/mol. The molecule has 20 heavy (non-hydrogen) atoms. The minimum atomic E-state index is 0.242. The van der Waals surface area contributed by atoms with Gasteiger partial charge in [0, 0.05) is 50.9 Å². The van der Waals surface area contributed by atoms with Crippen LogP contribution < -0.4 is 9.47 Å². The lowest BCUT2D eigenvalue weighted by molar-refractivity contribution is 0.108. The van der Waals surface area contributed by atoms with Crippen molar-refractivity contribution in [1.82, 2.24) is 9.80 Å². The topological polar surface area (TPSA) is 45.2 Å². The van der Waals surface area contributed by atoms with Crippen LogP contribution in [0, 0.1) is 0 Å². The Morgan fingerprint density at radius 1 is 1.05 bits per heavy atom. The Labute approximate surface area is 120 Å². The lowest BCUT2D eigenvalue weighted by Crippen LogP contribution is -2.46. The number of hydrogen-bond acceptors (Lipinski definition) is 5. The molecule has 1 aromatic rings. The van der Waals surface area contributed by atoms with Crippen molar-refractivity contribution >= 4 is 0 Å². The van der Waals surface area contributed by atoms with E-state index in [2.05, 4.69) is 15.9 Å². The first-order chi connectivity index (χ1) is 9.76. The average Bonchev–Trinajstić information content (AvgIpc) is 2.50. The number of aliphatic hydroxyl groups excluding tert-OH is 1. The van der Waals surface area contributed by atoms with E-state index in [9.17, 15) is 0 Å². The Bertz CT molecular complexity index is 418. The van der Waals surface area contributed by atoms with Crippen LogP contribution >= 0.6 is 0 Å². The summed E-state index contributed by atoms with van der Waals surface area (Å²) in [6.07, 6.45) is 0. The molecule has 1 N–H and O–H groups in total. The Morgan fingerprint density at radius 2 is 1.75 bits per heavy atom. The van der Waals surface area contributed by atoms with Crippen molar-refractivity contribution in [2.24, 2.45) is 0 Å². The SMILES string of the molecule is COc1ccc(CN2CCN(CCO)CC2)c(OC)c1. The van der Waals surface area contributed by atoms with Crippen LogP contribution in [0.2, 0.25) is 0 Å². The molecule has 0 unspecified atom stereocenters. The van der Waals surface area contributed by atoms with Gasteiger partial charge in [-0.05, 0) is 6.07 Å². The number of rotatable bonds is 6. The van der Waals surface area contributed by atoms with Crippen molar-refractivity contribution < 1.29 is 14.6 Å². The quantitative estimate of drug-likeness (QED) is 0.835.